The highest BCUT2D eigenvalue weighted by atomic mass is 16.7. The highest BCUT2D eigenvalue weighted by Crippen LogP contribution is 2.42. The van der Waals surface area contributed by atoms with E-state index in [2.05, 4.69) is 0 Å². The van der Waals surface area contributed by atoms with Gasteiger partial charge in [0, 0.05) is 12.1 Å². The van der Waals surface area contributed by atoms with Gasteiger partial charge in [0.15, 0.2) is 0 Å². The first-order chi connectivity index (χ1) is 32.3. The van der Waals surface area contributed by atoms with E-state index in [1.54, 1.807) is 0 Å². The van der Waals surface area contributed by atoms with Crippen molar-refractivity contribution in [2.75, 3.05) is 19.8 Å². The topological polar surface area (TPSA) is 399 Å². The Bertz CT molecular complexity index is 2400. The molecule has 0 saturated carbocycles. The number of benzene rings is 3. The molecule has 3 fully saturated rings. The summed E-state index contributed by atoms with van der Waals surface area (Å²) in [7, 11) is 0. The Hall–Kier alpha value is -6.04. The second kappa shape index (κ2) is 21.1. The summed E-state index contributed by atoms with van der Waals surface area (Å²) in [5, 5.41) is 134. The molecule has 68 heavy (non-hydrogen) atoms. The van der Waals surface area contributed by atoms with Gasteiger partial charge in [0.05, 0.1) is 23.8 Å². The molecule has 4 aromatic rings. The van der Waals surface area contributed by atoms with E-state index in [1.165, 1.54) is 60.7 Å². The Labute approximate surface area is 382 Å². The molecule has 25 heteroatoms. The number of rotatable bonds is 15. The van der Waals surface area contributed by atoms with Gasteiger partial charge in [-0.2, -0.15) is 0 Å². The fraction of sp³-hybridized carbons (Fsp3) is 0.442. The van der Waals surface area contributed by atoms with Crippen LogP contribution >= 0.6 is 0 Å². The molecule has 4 heterocycles. The molecule has 13 N–H and O–H groups in total. The van der Waals surface area contributed by atoms with Crippen LogP contribution in [0.4, 0.5) is 0 Å². The summed E-state index contributed by atoms with van der Waals surface area (Å²) in [6.07, 6.45) is -26.6. The van der Waals surface area contributed by atoms with E-state index < -0.39 is 142 Å². The van der Waals surface area contributed by atoms with Crippen molar-refractivity contribution in [3.05, 3.63) is 72.3 Å². The van der Waals surface area contributed by atoms with Gasteiger partial charge >= 0.3 is 29.3 Å². The third-order valence-corrected chi connectivity index (χ3v) is 11.0. The number of aliphatic hydroxyl groups excluding tert-OH is 10. The average molecular weight is 964 g/mol. The molecule has 0 bridgehead atoms. The molecule has 368 valence electrons. The fourth-order valence-corrected chi connectivity index (χ4v) is 7.26. The van der Waals surface area contributed by atoms with E-state index in [-0.39, 0.29) is 50.9 Å². The number of aliphatic carboxylic acids is 1. The lowest BCUT2D eigenvalue weighted by Gasteiger charge is -2.39. The van der Waals surface area contributed by atoms with E-state index in [1.807, 2.05) is 0 Å². The number of phenols is 2. The molecule has 25 nitrogen and oxygen atoms in total. The Kier molecular flexibility index (Phi) is 15.5. The number of esters is 2. The highest BCUT2D eigenvalue weighted by molar-refractivity contribution is 5.90. The Balaban J connectivity index is 1.05. The second-order valence-corrected chi connectivity index (χ2v) is 15.8. The summed E-state index contributed by atoms with van der Waals surface area (Å²) >= 11 is 0. The van der Waals surface area contributed by atoms with Crippen LogP contribution in [0.3, 0.4) is 0 Å². The maximum Gasteiger partial charge on any atom is 0.402 e. The molecule has 0 radical (unpaired) electrons. The van der Waals surface area contributed by atoms with Crippen molar-refractivity contribution >= 4 is 28.9 Å². The number of carbonyl (C=O) groups is 3. The van der Waals surface area contributed by atoms with Crippen molar-refractivity contribution in [1.29, 1.82) is 0 Å². The largest absolute Gasteiger partial charge is 0.508 e. The van der Waals surface area contributed by atoms with Crippen LogP contribution in [-0.4, -0.2) is 196 Å². The van der Waals surface area contributed by atoms with Crippen LogP contribution < -0.4 is 14.2 Å². The third kappa shape index (κ3) is 11.0. The SMILES string of the molecule is O=C(O)CC(=O)OC[C@H]1O[C@@H](Oc2cc3c(O)cc(O[C@@H]4O[C@H](COC(=O)c5ccc(O[C@@H]6O[C@H](CO)[C@@H](O)[C@H](O)[C@@H]6O)cc5)[C@@H](O)[C@H](O)[C@@H]4O)cc3[o+]c2-c2ccc(O)cc2)[C@H](O)[C@@H](O)[C@@H]1O. The number of aliphatic hydroxyl groups is 10. The molecule has 7 rings (SSSR count). The number of phenolic OH excluding ortho intramolecular Hbond substituents is 2. The minimum atomic E-state index is -1.94. The molecule has 0 spiro atoms. The molecule has 0 unspecified atom stereocenters. The molecule has 3 saturated heterocycles. The van der Waals surface area contributed by atoms with Gasteiger partial charge in [0.2, 0.25) is 24.6 Å². The lowest BCUT2D eigenvalue weighted by atomic mass is 9.99. The van der Waals surface area contributed by atoms with Gasteiger partial charge in [-0.05, 0) is 48.5 Å². The summed E-state index contributed by atoms with van der Waals surface area (Å²) in [5.74, 6) is -4.87. The number of ether oxygens (including phenoxy) is 8. The number of fused-ring (bicyclic) bond motifs is 1. The molecule has 15 atom stereocenters. The third-order valence-electron chi connectivity index (χ3n) is 11.0. The first-order valence-electron chi connectivity index (χ1n) is 20.6. The predicted octanol–water partition coefficient (Wildman–Crippen LogP) is -2.78. The van der Waals surface area contributed by atoms with Crippen LogP contribution in [0.25, 0.3) is 22.3 Å². The maximum absolute atomic E-state index is 13.0. The predicted molar refractivity (Wildman–Crippen MR) is 218 cm³/mol. The van der Waals surface area contributed by atoms with Crippen LogP contribution in [0.1, 0.15) is 16.8 Å². The standard InChI is InChI=1S/C43H46O25/c44-13-25-30(50)33(53)36(56)41(66-25)62-19-7-3-17(4-8-19)40(59)61-15-27-32(52)34(54)37(57)42(67-27)63-20-9-22(46)21-11-24(39(64-23(21)10-20)16-1-5-18(45)6-2-16)65-43-38(58)35(55)31(51)26(68-43)14-60-29(49)12-28(47)48/h1-11,25-27,30-38,41-44,50-58H,12-15H2,(H2-,45,46,47,48)/p+1/t25-,26-,27-,30-,31-,32-,33+,34+,35+,36+,37+,38-,41-,42-,43-/m1/s1. The number of aromatic hydroxyl groups is 2. The van der Waals surface area contributed by atoms with Crippen molar-refractivity contribution in [2.45, 2.75) is 98.5 Å². The van der Waals surface area contributed by atoms with Crippen LogP contribution in [-0.2, 0) is 33.3 Å². The van der Waals surface area contributed by atoms with Crippen molar-refractivity contribution in [1.82, 2.24) is 0 Å². The maximum atomic E-state index is 13.0. The number of carboxylic acid groups (broad SMARTS) is 1. The molecule has 3 aromatic carbocycles. The van der Waals surface area contributed by atoms with E-state index in [0.29, 0.717) is 0 Å². The zero-order valence-corrected chi connectivity index (χ0v) is 35.1. The van der Waals surface area contributed by atoms with Gasteiger partial charge in [-0.15, -0.1) is 0 Å². The first-order valence-corrected chi connectivity index (χ1v) is 20.6. The molecule has 0 aliphatic carbocycles. The molecule has 0 amide bonds. The van der Waals surface area contributed by atoms with Crippen LogP contribution in [0.5, 0.6) is 28.7 Å². The molecule has 1 aromatic heterocycles. The summed E-state index contributed by atoms with van der Waals surface area (Å²) in [4.78, 5) is 35.7. The minimum Gasteiger partial charge on any atom is -0.508 e. The fourth-order valence-electron chi connectivity index (χ4n) is 7.26. The van der Waals surface area contributed by atoms with Crippen molar-refractivity contribution in [3.63, 3.8) is 0 Å². The van der Waals surface area contributed by atoms with Gasteiger partial charge < -0.3 is 104 Å². The lowest BCUT2D eigenvalue weighted by Crippen LogP contribution is -2.60. The van der Waals surface area contributed by atoms with Crippen molar-refractivity contribution < 1.29 is 123 Å². The summed E-state index contributed by atoms with van der Waals surface area (Å²) in [6, 6.07) is 14.0. The van der Waals surface area contributed by atoms with Gasteiger partial charge in [0.1, 0.15) is 121 Å². The zero-order valence-electron chi connectivity index (χ0n) is 35.1. The van der Waals surface area contributed by atoms with E-state index in [9.17, 15) is 75.7 Å². The normalized spacial score (nSPS) is 31.6. The van der Waals surface area contributed by atoms with Gasteiger partial charge in [-0.25, -0.2) is 9.21 Å². The molecule has 3 aliphatic heterocycles. The van der Waals surface area contributed by atoms with Crippen LogP contribution in [0.15, 0.2) is 71.1 Å². The molecule has 3 aliphatic rings. The van der Waals surface area contributed by atoms with Gasteiger partial charge in [-0.3, -0.25) is 9.59 Å². The van der Waals surface area contributed by atoms with Gasteiger partial charge in [-0.1, -0.05) is 0 Å². The van der Waals surface area contributed by atoms with E-state index >= 15 is 0 Å². The van der Waals surface area contributed by atoms with Crippen LogP contribution in [0.2, 0.25) is 0 Å². The Morgan fingerprint density at radius 3 is 1.65 bits per heavy atom. The zero-order chi connectivity index (χ0) is 49.1. The van der Waals surface area contributed by atoms with Crippen LogP contribution in [0, 0.1) is 0 Å². The molecular formula is C43H47O25+. The Morgan fingerprint density at radius 1 is 0.574 bits per heavy atom. The molecular weight excluding hydrogens is 916 g/mol. The smallest absolute Gasteiger partial charge is 0.402 e. The van der Waals surface area contributed by atoms with Crippen molar-refractivity contribution in [3.8, 4) is 40.1 Å². The lowest BCUT2D eigenvalue weighted by molar-refractivity contribution is -0.278. The summed E-state index contributed by atoms with van der Waals surface area (Å²) in [5.41, 5.74) is 0.0642. The summed E-state index contributed by atoms with van der Waals surface area (Å²) in [6.45, 7) is -2.11. The Morgan fingerprint density at radius 2 is 1.09 bits per heavy atom. The minimum absolute atomic E-state index is 0.0410. The van der Waals surface area contributed by atoms with E-state index in [4.69, 9.17) is 47.4 Å². The van der Waals surface area contributed by atoms with Crippen molar-refractivity contribution in [2.24, 2.45) is 0 Å². The van der Waals surface area contributed by atoms with E-state index in [0.717, 1.165) is 6.07 Å². The summed E-state index contributed by atoms with van der Waals surface area (Å²) < 4.78 is 50.2. The average Bonchev–Trinajstić information content (AvgIpc) is 3.31. The number of hydrogen-bond donors (Lipinski definition) is 13. The number of hydrogen-bond acceptors (Lipinski definition) is 23. The van der Waals surface area contributed by atoms with Gasteiger partial charge in [0.25, 0.3) is 0 Å². The number of carboxylic acids is 1. The highest BCUT2D eigenvalue weighted by Gasteiger charge is 2.48. The first kappa shape index (κ1) is 49.9. The monoisotopic (exact) mass is 963 g/mol. The quantitative estimate of drug-likeness (QED) is 0.0325. The number of carbonyl (C=O) groups excluding carboxylic acids is 2. The second-order valence-electron chi connectivity index (χ2n) is 15.8.